The highest BCUT2D eigenvalue weighted by atomic mass is 16.5. The van der Waals surface area contributed by atoms with Crippen molar-refractivity contribution in [1.82, 2.24) is 9.88 Å². The van der Waals surface area contributed by atoms with E-state index in [1.54, 1.807) is 32.2 Å². The first-order valence-corrected chi connectivity index (χ1v) is 12.3. The van der Waals surface area contributed by atoms with Crippen LogP contribution in [0.25, 0.3) is 0 Å². The van der Waals surface area contributed by atoms with E-state index in [0.717, 1.165) is 24.1 Å². The number of piperazine rings is 1. The van der Waals surface area contributed by atoms with E-state index < -0.39 is 5.97 Å². The molecule has 1 unspecified atom stereocenters. The number of anilines is 1. The average Bonchev–Trinajstić information content (AvgIpc) is 3.71. The maximum Gasteiger partial charge on any atom is 0.335 e. The quantitative estimate of drug-likeness (QED) is 0.566. The van der Waals surface area contributed by atoms with E-state index in [1.165, 1.54) is 0 Å². The number of hydrogen-bond acceptors (Lipinski definition) is 7. The van der Waals surface area contributed by atoms with Crippen LogP contribution in [0.4, 0.5) is 5.82 Å². The highest BCUT2D eigenvalue weighted by Crippen LogP contribution is 2.45. The molecular formula is C27H32N4O5. The van der Waals surface area contributed by atoms with Crippen molar-refractivity contribution in [2.75, 3.05) is 38.3 Å². The number of ether oxygens (including phenoxy) is 2. The summed E-state index contributed by atoms with van der Waals surface area (Å²) in [6.45, 7) is 6.12. The molecule has 1 saturated carbocycles. The second-order valence-electron chi connectivity index (χ2n) is 9.44. The number of carboxylic acids is 1. The second kappa shape index (κ2) is 11.0. The molecule has 1 aliphatic carbocycles. The minimum absolute atomic E-state index is 0.0127. The first-order chi connectivity index (χ1) is 17.3. The normalized spacial score (nSPS) is 17.6. The van der Waals surface area contributed by atoms with Gasteiger partial charge in [0.1, 0.15) is 24.2 Å². The molecule has 190 valence electrons. The van der Waals surface area contributed by atoms with E-state index in [2.05, 4.69) is 11.0 Å². The van der Waals surface area contributed by atoms with Crippen LogP contribution in [0.2, 0.25) is 0 Å². The average molecular weight is 493 g/mol. The lowest BCUT2D eigenvalue weighted by Crippen LogP contribution is -2.54. The zero-order valence-corrected chi connectivity index (χ0v) is 21.0. The van der Waals surface area contributed by atoms with Gasteiger partial charge in [0.05, 0.1) is 29.8 Å². The van der Waals surface area contributed by atoms with Crippen molar-refractivity contribution in [2.45, 2.75) is 51.7 Å². The van der Waals surface area contributed by atoms with Crippen LogP contribution in [0.3, 0.4) is 0 Å². The number of carbonyl (C=O) groups excluding carboxylic acids is 1. The second-order valence-corrected chi connectivity index (χ2v) is 9.44. The van der Waals surface area contributed by atoms with Crippen LogP contribution >= 0.6 is 0 Å². The van der Waals surface area contributed by atoms with Crippen molar-refractivity contribution < 1.29 is 24.2 Å². The summed E-state index contributed by atoms with van der Waals surface area (Å²) in [6.07, 6.45) is 2.38. The maximum atomic E-state index is 12.5. The van der Waals surface area contributed by atoms with Crippen molar-refractivity contribution in [2.24, 2.45) is 0 Å². The van der Waals surface area contributed by atoms with Crippen LogP contribution in [0, 0.1) is 18.3 Å². The van der Waals surface area contributed by atoms with Gasteiger partial charge in [0.15, 0.2) is 0 Å². The highest BCUT2D eigenvalue weighted by Gasteiger charge is 2.33. The molecule has 1 aromatic heterocycles. The number of aromatic carboxylic acids is 1. The maximum absolute atomic E-state index is 12.5. The summed E-state index contributed by atoms with van der Waals surface area (Å²) in [7, 11) is 1.59. The minimum Gasteiger partial charge on any atom is -0.487 e. The fourth-order valence-corrected chi connectivity index (χ4v) is 4.67. The van der Waals surface area contributed by atoms with Gasteiger partial charge >= 0.3 is 5.97 Å². The standard InChI is InChI=1S/C27H32N4O5/c1-17-15-30(10-11-31(17)24(32)9-12-35-3)26-21(14-28)13-23(25(29-26)19-7-8-19)36-16-20-5-4-6-22(18(20)2)27(33)34/h4-6,13,17,19H,7-12,15-16H2,1-3H3,(H,33,34). The Morgan fingerprint density at radius 1 is 1.28 bits per heavy atom. The van der Waals surface area contributed by atoms with Crippen LogP contribution in [0.5, 0.6) is 5.75 Å². The minimum atomic E-state index is -0.972. The van der Waals surface area contributed by atoms with Gasteiger partial charge in [0.25, 0.3) is 0 Å². The molecule has 0 bridgehead atoms. The molecule has 0 spiro atoms. The largest absolute Gasteiger partial charge is 0.487 e. The summed E-state index contributed by atoms with van der Waals surface area (Å²) in [5.74, 6) is 0.584. The summed E-state index contributed by atoms with van der Waals surface area (Å²) >= 11 is 0. The van der Waals surface area contributed by atoms with Crippen molar-refractivity contribution >= 4 is 17.7 Å². The zero-order valence-electron chi connectivity index (χ0n) is 21.0. The lowest BCUT2D eigenvalue weighted by Gasteiger charge is -2.41. The lowest BCUT2D eigenvalue weighted by molar-refractivity contribution is -0.134. The molecule has 1 atom stereocenters. The monoisotopic (exact) mass is 492 g/mol. The molecule has 2 fully saturated rings. The number of hydrogen-bond donors (Lipinski definition) is 1. The molecule has 0 radical (unpaired) electrons. The van der Waals surface area contributed by atoms with Crippen LogP contribution in [0.15, 0.2) is 24.3 Å². The molecule has 1 saturated heterocycles. The van der Waals surface area contributed by atoms with Gasteiger partial charge in [-0.15, -0.1) is 0 Å². The third-order valence-electron chi connectivity index (χ3n) is 6.91. The van der Waals surface area contributed by atoms with Crippen molar-refractivity contribution in [3.8, 4) is 11.8 Å². The van der Waals surface area contributed by atoms with Crippen LogP contribution in [-0.2, 0) is 16.1 Å². The molecule has 2 heterocycles. The predicted molar refractivity (Wildman–Crippen MR) is 133 cm³/mol. The van der Waals surface area contributed by atoms with Gasteiger partial charge in [-0.2, -0.15) is 5.26 Å². The summed E-state index contributed by atoms with van der Waals surface area (Å²) < 4.78 is 11.2. The number of nitriles is 1. The van der Waals surface area contributed by atoms with Crippen LogP contribution in [0.1, 0.15) is 64.8 Å². The Bertz CT molecular complexity index is 1190. The third-order valence-corrected chi connectivity index (χ3v) is 6.91. The highest BCUT2D eigenvalue weighted by molar-refractivity contribution is 5.89. The van der Waals surface area contributed by atoms with Crippen LogP contribution < -0.4 is 9.64 Å². The van der Waals surface area contributed by atoms with Gasteiger partial charge in [-0.3, -0.25) is 4.79 Å². The number of carboxylic acid groups (broad SMARTS) is 1. The number of amides is 1. The van der Waals surface area contributed by atoms with Gasteiger partial charge in [-0.25, -0.2) is 9.78 Å². The van der Waals surface area contributed by atoms with Gasteiger partial charge in [-0.1, -0.05) is 12.1 Å². The van der Waals surface area contributed by atoms with E-state index in [4.69, 9.17) is 14.5 Å². The van der Waals surface area contributed by atoms with Crippen molar-refractivity contribution in [3.63, 3.8) is 0 Å². The molecule has 2 aromatic rings. The predicted octanol–water partition coefficient (Wildman–Crippen LogP) is 3.49. The van der Waals surface area contributed by atoms with Gasteiger partial charge in [0.2, 0.25) is 5.91 Å². The molecule has 2 aliphatic rings. The number of aromatic nitrogens is 1. The Hall–Kier alpha value is -3.64. The first-order valence-electron chi connectivity index (χ1n) is 12.3. The summed E-state index contributed by atoms with van der Waals surface area (Å²) in [5.41, 5.74) is 2.95. The summed E-state index contributed by atoms with van der Waals surface area (Å²) in [5, 5.41) is 19.3. The number of rotatable bonds is 9. The van der Waals surface area contributed by atoms with E-state index in [1.807, 2.05) is 17.9 Å². The molecule has 9 nitrogen and oxygen atoms in total. The molecule has 1 N–H and O–H groups in total. The molecule has 36 heavy (non-hydrogen) atoms. The first kappa shape index (κ1) is 25.5. The van der Waals surface area contributed by atoms with E-state index in [-0.39, 0.29) is 30.0 Å². The Kier molecular flexibility index (Phi) is 7.75. The van der Waals surface area contributed by atoms with E-state index >= 15 is 0 Å². The summed E-state index contributed by atoms with van der Waals surface area (Å²) in [4.78, 5) is 32.9. The summed E-state index contributed by atoms with van der Waals surface area (Å²) in [6, 6.07) is 9.15. The number of carbonyl (C=O) groups is 2. The van der Waals surface area contributed by atoms with Crippen LogP contribution in [-0.4, -0.2) is 66.3 Å². The van der Waals surface area contributed by atoms with Gasteiger partial charge < -0.3 is 24.4 Å². The number of methoxy groups -OCH3 is 1. The molecule has 4 rings (SSSR count). The zero-order chi connectivity index (χ0) is 25.8. The Labute approximate surface area is 211 Å². The Morgan fingerprint density at radius 2 is 2.06 bits per heavy atom. The molecule has 1 aliphatic heterocycles. The molecule has 1 aromatic carbocycles. The molecule has 1 amide bonds. The van der Waals surface area contributed by atoms with E-state index in [0.29, 0.717) is 55.4 Å². The number of pyridine rings is 1. The molecule has 9 heteroatoms. The fourth-order valence-electron chi connectivity index (χ4n) is 4.67. The molecular weight excluding hydrogens is 460 g/mol. The topological polar surface area (TPSA) is 116 Å². The number of nitrogens with zero attached hydrogens (tertiary/aromatic N) is 4. The smallest absolute Gasteiger partial charge is 0.335 e. The van der Waals surface area contributed by atoms with Gasteiger partial charge in [0, 0.05) is 44.8 Å². The third kappa shape index (κ3) is 5.44. The lowest BCUT2D eigenvalue weighted by atomic mass is 10.0. The van der Waals surface area contributed by atoms with Crippen molar-refractivity contribution in [3.05, 3.63) is 52.2 Å². The SMILES string of the molecule is COCCC(=O)N1CCN(c2nc(C3CC3)c(OCc3cccc(C(=O)O)c3C)cc2C#N)CC1C. The van der Waals surface area contributed by atoms with E-state index in [9.17, 15) is 20.0 Å². The number of benzene rings is 1. The van der Waals surface area contributed by atoms with Crippen molar-refractivity contribution in [1.29, 1.82) is 5.26 Å². The Balaban J connectivity index is 1.55. The van der Waals surface area contributed by atoms with Gasteiger partial charge in [-0.05, 0) is 43.9 Å². The fraction of sp³-hybridized carbons (Fsp3) is 0.481. The Morgan fingerprint density at radius 3 is 2.69 bits per heavy atom.